The lowest BCUT2D eigenvalue weighted by atomic mass is 10.1. The standard InChI is InChI=1S/C18H17ClN2O/c1-2-12-3-5-14(6-4-12)17(22)18-20-11-16(21-18)13-7-9-15(19)10-8-13/h3-11,17,22H,2H2,1H3,(H,20,21). The maximum Gasteiger partial charge on any atom is 0.140 e. The Kier molecular flexibility index (Phi) is 4.27. The van der Waals surface area contributed by atoms with Crippen LogP contribution in [0.3, 0.4) is 0 Å². The number of hydrogen-bond acceptors (Lipinski definition) is 2. The van der Waals surface area contributed by atoms with E-state index >= 15 is 0 Å². The van der Waals surface area contributed by atoms with E-state index in [2.05, 4.69) is 16.9 Å². The van der Waals surface area contributed by atoms with Gasteiger partial charge < -0.3 is 10.1 Å². The molecule has 22 heavy (non-hydrogen) atoms. The van der Waals surface area contributed by atoms with Crippen LogP contribution >= 0.6 is 11.6 Å². The summed E-state index contributed by atoms with van der Waals surface area (Å²) < 4.78 is 0. The summed E-state index contributed by atoms with van der Waals surface area (Å²) in [6.45, 7) is 2.11. The second-order valence-electron chi connectivity index (χ2n) is 5.19. The number of aromatic nitrogens is 2. The van der Waals surface area contributed by atoms with Gasteiger partial charge in [0.1, 0.15) is 11.9 Å². The topological polar surface area (TPSA) is 48.9 Å². The molecule has 1 aromatic heterocycles. The number of aliphatic hydroxyl groups excluding tert-OH is 1. The summed E-state index contributed by atoms with van der Waals surface area (Å²) in [7, 11) is 0. The zero-order chi connectivity index (χ0) is 15.5. The summed E-state index contributed by atoms with van der Waals surface area (Å²) >= 11 is 5.89. The summed E-state index contributed by atoms with van der Waals surface area (Å²) in [6.07, 6.45) is 1.95. The number of aliphatic hydroxyl groups is 1. The van der Waals surface area contributed by atoms with E-state index in [0.29, 0.717) is 10.8 Å². The van der Waals surface area contributed by atoms with Gasteiger partial charge in [0.2, 0.25) is 0 Å². The molecule has 0 aliphatic carbocycles. The molecule has 112 valence electrons. The molecule has 1 atom stereocenters. The van der Waals surface area contributed by atoms with Crippen molar-refractivity contribution in [1.29, 1.82) is 0 Å². The SMILES string of the molecule is CCc1ccc(C(O)c2ncc(-c3ccc(Cl)cc3)[nH]2)cc1. The molecular weight excluding hydrogens is 296 g/mol. The Labute approximate surface area is 134 Å². The molecule has 4 heteroatoms. The van der Waals surface area contributed by atoms with Gasteiger partial charge in [0, 0.05) is 5.02 Å². The zero-order valence-electron chi connectivity index (χ0n) is 12.3. The van der Waals surface area contributed by atoms with Crippen LogP contribution in [0.2, 0.25) is 5.02 Å². The Morgan fingerprint density at radius 1 is 1.09 bits per heavy atom. The first-order valence-corrected chi connectivity index (χ1v) is 7.63. The second kappa shape index (κ2) is 6.34. The van der Waals surface area contributed by atoms with Gasteiger partial charge in [-0.05, 0) is 35.2 Å². The largest absolute Gasteiger partial charge is 0.380 e. The molecule has 0 aliphatic heterocycles. The normalized spacial score (nSPS) is 12.3. The zero-order valence-corrected chi connectivity index (χ0v) is 13.0. The molecule has 0 fully saturated rings. The highest BCUT2D eigenvalue weighted by molar-refractivity contribution is 6.30. The van der Waals surface area contributed by atoms with Crippen molar-refractivity contribution in [2.75, 3.05) is 0 Å². The first-order chi connectivity index (χ1) is 10.7. The number of benzene rings is 2. The van der Waals surface area contributed by atoms with Crippen LogP contribution < -0.4 is 0 Å². The fraction of sp³-hybridized carbons (Fsp3) is 0.167. The van der Waals surface area contributed by atoms with Crippen molar-refractivity contribution in [3.63, 3.8) is 0 Å². The minimum Gasteiger partial charge on any atom is -0.380 e. The van der Waals surface area contributed by atoms with Crippen molar-refractivity contribution in [3.05, 3.63) is 76.7 Å². The predicted octanol–water partition coefficient (Wildman–Crippen LogP) is 4.37. The van der Waals surface area contributed by atoms with Crippen LogP contribution in [0.15, 0.2) is 54.7 Å². The van der Waals surface area contributed by atoms with Crippen LogP contribution in [-0.2, 0) is 6.42 Å². The minimum atomic E-state index is -0.757. The van der Waals surface area contributed by atoms with Gasteiger partial charge >= 0.3 is 0 Å². The van der Waals surface area contributed by atoms with Crippen molar-refractivity contribution in [2.45, 2.75) is 19.4 Å². The molecule has 0 spiro atoms. The van der Waals surface area contributed by atoms with Gasteiger partial charge in [0.25, 0.3) is 0 Å². The fourth-order valence-electron chi connectivity index (χ4n) is 2.35. The molecule has 0 saturated carbocycles. The van der Waals surface area contributed by atoms with E-state index in [1.165, 1.54) is 5.56 Å². The first-order valence-electron chi connectivity index (χ1n) is 7.25. The van der Waals surface area contributed by atoms with Crippen LogP contribution in [0.5, 0.6) is 0 Å². The number of nitrogens with one attached hydrogen (secondary N) is 1. The third-order valence-electron chi connectivity index (χ3n) is 3.71. The van der Waals surface area contributed by atoms with Gasteiger partial charge in [0.05, 0.1) is 11.9 Å². The maximum atomic E-state index is 10.4. The van der Waals surface area contributed by atoms with E-state index in [9.17, 15) is 5.11 Å². The first kappa shape index (κ1) is 14.8. The monoisotopic (exact) mass is 312 g/mol. The lowest BCUT2D eigenvalue weighted by Crippen LogP contribution is -2.02. The van der Waals surface area contributed by atoms with Gasteiger partial charge in [-0.1, -0.05) is 54.9 Å². The Balaban J connectivity index is 1.84. The van der Waals surface area contributed by atoms with E-state index in [1.807, 2.05) is 48.5 Å². The van der Waals surface area contributed by atoms with Gasteiger partial charge in [-0.15, -0.1) is 0 Å². The highest BCUT2D eigenvalue weighted by Gasteiger charge is 2.14. The van der Waals surface area contributed by atoms with Crippen molar-refractivity contribution < 1.29 is 5.11 Å². The average Bonchev–Trinajstić information content (AvgIpc) is 3.05. The quantitative estimate of drug-likeness (QED) is 0.751. The lowest BCUT2D eigenvalue weighted by Gasteiger charge is -2.09. The Morgan fingerprint density at radius 3 is 2.41 bits per heavy atom. The molecule has 2 N–H and O–H groups in total. The van der Waals surface area contributed by atoms with Crippen molar-refractivity contribution in [1.82, 2.24) is 9.97 Å². The van der Waals surface area contributed by atoms with Crippen LogP contribution in [-0.4, -0.2) is 15.1 Å². The number of H-pyrrole nitrogens is 1. The van der Waals surface area contributed by atoms with Crippen molar-refractivity contribution in [3.8, 4) is 11.3 Å². The van der Waals surface area contributed by atoms with Crippen LogP contribution in [0.25, 0.3) is 11.3 Å². The molecular formula is C18H17ClN2O. The molecule has 0 aliphatic rings. The van der Waals surface area contributed by atoms with E-state index < -0.39 is 6.10 Å². The second-order valence-corrected chi connectivity index (χ2v) is 5.62. The summed E-state index contributed by atoms with van der Waals surface area (Å²) in [6, 6.07) is 15.4. The summed E-state index contributed by atoms with van der Waals surface area (Å²) in [5.41, 5.74) is 3.92. The lowest BCUT2D eigenvalue weighted by molar-refractivity contribution is 0.211. The molecule has 2 aromatic carbocycles. The minimum absolute atomic E-state index is 0.536. The molecule has 0 saturated heterocycles. The number of aryl methyl sites for hydroxylation is 1. The van der Waals surface area contributed by atoms with Gasteiger partial charge in [-0.3, -0.25) is 0 Å². The number of imidazole rings is 1. The molecule has 3 nitrogen and oxygen atoms in total. The van der Waals surface area contributed by atoms with E-state index in [4.69, 9.17) is 11.6 Å². The molecule has 3 rings (SSSR count). The fourth-order valence-corrected chi connectivity index (χ4v) is 2.47. The Hall–Kier alpha value is -2.10. The third kappa shape index (κ3) is 3.06. The smallest absolute Gasteiger partial charge is 0.140 e. The van der Waals surface area contributed by atoms with Crippen LogP contribution in [0.4, 0.5) is 0 Å². The van der Waals surface area contributed by atoms with E-state index in [0.717, 1.165) is 23.2 Å². The third-order valence-corrected chi connectivity index (χ3v) is 3.97. The summed E-state index contributed by atoms with van der Waals surface area (Å²) in [5, 5.41) is 11.1. The van der Waals surface area contributed by atoms with E-state index in [1.54, 1.807) is 6.20 Å². The van der Waals surface area contributed by atoms with Crippen molar-refractivity contribution >= 4 is 11.6 Å². The molecule has 1 unspecified atom stereocenters. The number of rotatable bonds is 4. The molecule has 0 amide bonds. The molecule has 1 heterocycles. The summed E-state index contributed by atoms with van der Waals surface area (Å²) in [4.78, 5) is 7.47. The number of halogens is 1. The van der Waals surface area contributed by atoms with Crippen LogP contribution in [0.1, 0.15) is 30.0 Å². The Morgan fingerprint density at radius 2 is 1.77 bits per heavy atom. The number of aromatic amines is 1. The number of hydrogen-bond donors (Lipinski definition) is 2. The van der Waals surface area contributed by atoms with Gasteiger partial charge in [-0.2, -0.15) is 0 Å². The average molecular weight is 313 g/mol. The highest BCUT2D eigenvalue weighted by Crippen LogP contribution is 2.24. The number of nitrogens with zero attached hydrogens (tertiary/aromatic N) is 1. The maximum absolute atomic E-state index is 10.4. The molecule has 0 bridgehead atoms. The summed E-state index contributed by atoms with van der Waals surface area (Å²) in [5.74, 6) is 0.536. The van der Waals surface area contributed by atoms with E-state index in [-0.39, 0.29) is 0 Å². The molecule has 3 aromatic rings. The highest BCUT2D eigenvalue weighted by atomic mass is 35.5. The Bertz CT molecular complexity index is 748. The van der Waals surface area contributed by atoms with Crippen molar-refractivity contribution in [2.24, 2.45) is 0 Å². The van der Waals surface area contributed by atoms with Crippen LogP contribution in [0, 0.1) is 0 Å². The van der Waals surface area contributed by atoms with Gasteiger partial charge in [-0.25, -0.2) is 4.98 Å². The molecule has 0 radical (unpaired) electrons. The van der Waals surface area contributed by atoms with Gasteiger partial charge in [0.15, 0.2) is 0 Å². The predicted molar refractivity (Wildman–Crippen MR) is 88.9 cm³/mol.